The van der Waals surface area contributed by atoms with Crippen LogP contribution < -0.4 is 11.1 Å². The van der Waals surface area contributed by atoms with Crippen LogP contribution in [0.15, 0.2) is 24.3 Å². The number of aryl methyl sites for hydroxylation is 1. The fraction of sp³-hybridized carbons (Fsp3) is 0.286. The third-order valence-corrected chi connectivity index (χ3v) is 3.46. The van der Waals surface area contributed by atoms with Crippen molar-refractivity contribution >= 4 is 40.2 Å². The van der Waals surface area contributed by atoms with Crippen molar-refractivity contribution in [1.82, 2.24) is 25.0 Å². The van der Waals surface area contributed by atoms with Gasteiger partial charge >= 0.3 is 0 Å². The first-order valence-corrected chi connectivity index (χ1v) is 7.44. The number of nitrogens with two attached hydrogens (primary N) is 1. The largest absolute Gasteiger partial charge is 0.368 e. The van der Waals surface area contributed by atoms with Gasteiger partial charge in [0.15, 0.2) is 17.0 Å². The van der Waals surface area contributed by atoms with Crippen molar-refractivity contribution in [2.24, 2.45) is 0 Å². The Morgan fingerprint density at radius 3 is 2.73 bits per heavy atom. The number of nitrogens with zero attached hydrogens (tertiary/aromatic N) is 5. The number of hydrogen-bond acceptors (Lipinski definition) is 6. The molecular weight excluding hydrogens is 302 g/mol. The lowest BCUT2D eigenvalue weighted by Crippen LogP contribution is -2.05. The third kappa shape index (κ3) is 2.94. The van der Waals surface area contributed by atoms with Crippen molar-refractivity contribution in [2.75, 3.05) is 11.1 Å². The maximum Gasteiger partial charge on any atom is 0.224 e. The number of anilines is 3. The normalized spacial score (nSPS) is 11.0. The molecule has 114 valence electrons. The molecule has 0 atom stereocenters. The highest BCUT2D eigenvalue weighted by Gasteiger charge is 2.13. The molecule has 0 radical (unpaired) electrons. The molecule has 0 aliphatic carbocycles. The highest BCUT2D eigenvalue weighted by molar-refractivity contribution is 6.30. The second-order valence-electron chi connectivity index (χ2n) is 4.90. The summed E-state index contributed by atoms with van der Waals surface area (Å²) in [6.45, 7) is 2.87. The van der Waals surface area contributed by atoms with E-state index in [0.29, 0.717) is 22.0 Å². The zero-order valence-electron chi connectivity index (χ0n) is 12.1. The number of fused-ring (bicyclic) bond motifs is 1. The number of nitrogen functional groups attached to an aromatic ring is 1. The van der Waals surface area contributed by atoms with Crippen molar-refractivity contribution in [3.63, 3.8) is 0 Å². The van der Waals surface area contributed by atoms with Crippen LogP contribution in [0.4, 0.5) is 17.5 Å². The lowest BCUT2D eigenvalue weighted by Gasteiger charge is -2.07. The summed E-state index contributed by atoms with van der Waals surface area (Å²) in [4.78, 5) is 8.47. The molecule has 0 unspecified atom stereocenters. The van der Waals surface area contributed by atoms with Gasteiger partial charge in [-0.05, 0) is 30.7 Å². The molecule has 0 spiro atoms. The van der Waals surface area contributed by atoms with Gasteiger partial charge in [-0.3, -0.25) is 0 Å². The summed E-state index contributed by atoms with van der Waals surface area (Å²) in [7, 11) is 0. The average Bonchev–Trinajstić information content (AvgIpc) is 2.90. The average molecular weight is 318 g/mol. The van der Waals surface area contributed by atoms with Crippen molar-refractivity contribution in [2.45, 2.75) is 26.3 Å². The molecule has 0 amide bonds. The summed E-state index contributed by atoms with van der Waals surface area (Å²) < 4.78 is 1.75. The van der Waals surface area contributed by atoms with Gasteiger partial charge in [-0.1, -0.05) is 30.2 Å². The molecule has 3 aromatic rings. The van der Waals surface area contributed by atoms with Crippen molar-refractivity contribution in [3.8, 4) is 0 Å². The Labute approximate surface area is 132 Å². The van der Waals surface area contributed by atoms with Gasteiger partial charge in [0.05, 0.1) is 0 Å². The number of benzene rings is 1. The van der Waals surface area contributed by atoms with Crippen LogP contribution in [0.25, 0.3) is 11.2 Å². The molecule has 2 heterocycles. The monoisotopic (exact) mass is 317 g/mol. The Morgan fingerprint density at radius 2 is 2.00 bits per heavy atom. The van der Waals surface area contributed by atoms with E-state index >= 15 is 0 Å². The molecule has 7 nitrogen and oxygen atoms in total. The van der Waals surface area contributed by atoms with Gasteiger partial charge in [0.25, 0.3) is 0 Å². The molecule has 1 aromatic carbocycles. The van der Waals surface area contributed by atoms with Gasteiger partial charge in [0.2, 0.25) is 5.95 Å². The molecule has 3 N–H and O–H groups in total. The Kier molecular flexibility index (Phi) is 4.06. The number of unbranched alkanes of at least 4 members (excludes halogenated alkanes) is 1. The van der Waals surface area contributed by atoms with Crippen LogP contribution >= 0.6 is 11.6 Å². The molecule has 8 heteroatoms. The summed E-state index contributed by atoms with van der Waals surface area (Å²) in [5.41, 5.74) is 7.88. The van der Waals surface area contributed by atoms with Gasteiger partial charge < -0.3 is 11.1 Å². The quantitative estimate of drug-likeness (QED) is 0.751. The summed E-state index contributed by atoms with van der Waals surface area (Å²) in [6.07, 6.45) is 2.07. The van der Waals surface area contributed by atoms with Crippen LogP contribution in [0.2, 0.25) is 5.02 Å². The van der Waals surface area contributed by atoms with E-state index in [-0.39, 0.29) is 5.95 Å². The molecule has 2 aromatic heterocycles. The van der Waals surface area contributed by atoms with Crippen molar-refractivity contribution in [3.05, 3.63) is 29.3 Å². The molecule has 0 aliphatic rings. The SMILES string of the molecule is CCCCn1nnc2c(Nc3ccc(Cl)cc3)nc(N)nc21. The molecule has 3 rings (SSSR count). The Bertz CT molecular complexity index is 782. The molecular formula is C14H16ClN7. The summed E-state index contributed by atoms with van der Waals surface area (Å²) in [6, 6.07) is 7.30. The predicted molar refractivity (Wildman–Crippen MR) is 87.2 cm³/mol. The van der Waals surface area contributed by atoms with Gasteiger partial charge in [-0.25, -0.2) is 4.68 Å². The van der Waals surface area contributed by atoms with Gasteiger partial charge in [0, 0.05) is 17.3 Å². The highest BCUT2D eigenvalue weighted by Crippen LogP contribution is 2.23. The number of rotatable bonds is 5. The van der Waals surface area contributed by atoms with Crippen LogP contribution in [-0.2, 0) is 6.54 Å². The second-order valence-corrected chi connectivity index (χ2v) is 5.34. The first-order chi connectivity index (χ1) is 10.7. The third-order valence-electron chi connectivity index (χ3n) is 3.21. The van der Waals surface area contributed by atoms with E-state index in [0.717, 1.165) is 25.1 Å². The molecule has 0 bridgehead atoms. The topological polar surface area (TPSA) is 94.5 Å². The summed E-state index contributed by atoms with van der Waals surface area (Å²) >= 11 is 5.89. The zero-order chi connectivity index (χ0) is 15.5. The van der Waals surface area contributed by atoms with E-state index in [1.54, 1.807) is 16.8 Å². The first kappa shape index (κ1) is 14.5. The lowest BCUT2D eigenvalue weighted by atomic mass is 10.3. The van der Waals surface area contributed by atoms with E-state index in [4.69, 9.17) is 17.3 Å². The van der Waals surface area contributed by atoms with Crippen LogP contribution in [0, 0.1) is 0 Å². The van der Waals surface area contributed by atoms with Gasteiger partial charge in [0.1, 0.15) is 0 Å². The van der Waals surface area contributed by atoms with Crippen molar-refractivity contribution in [1.29, 1.82) is 0 Å². The molecule has 0 fully saturated rings. The summed E-state index contributed by atoms with van der Waals surface area (Å²) in [5, 5.41) is 12.2. The van der Waals surface area contributed by atoms with E-state index < -0.39 is 0 Å². The maximum absolute atomic E-state index is 5.89. The fourth-order valence-corrected chi connectivity index (χ4v) is 2.21. The highest BCUT2D eigenvalue weighted by atomic mass is 35.5. The van der Waals surface area contributed by atoms with Gasteiger partial charge in [-0.2, -0.15) is 9.97 Å². The number of aromatic nitrogens is 5. The van der Waals surface area contributed by atoms with Crippen LogP contribution in [-0.4, -0.2) is 25.0 Å². The van der Waals surface area contributed by atoms with E-state index in [1.807, 2.05) is 12.1 Å². The standard InChI is InChI=1S/C14H16ClN7/c1-2-3-8-22-13-11(20-21-22)12(18-14(16)19-13)17-10-6-4-9(15)5-7-10/h4-7H,2-3,8H2,1H3,(H3,16,17,18,19). The van der Waals surface area contributed by atoms with Gasteiger partial charge in [-0.15, -0.1) is 5.10 Å². The second kappa shape index (κ2) is 6.15. The van der Waals surface area contributed by atoms with Crippen LogP contribution in [0.5, 0.6) is 0 Å². The fourth-order valence-electron chi connectivity index (χ4n) is 2.09. The Balaban J connectivity index is 1.98. The number of nitrogens with one attached hydrogen (secondary N) is 1. The van der Waals surface area contributed by atoms with E-state index in [1.165, 1.54) is 0 Å². The minimum Gasteiger partial charge on any atom is -0.368 e. The van der Waals surface area contributed by atoms with Crippen LogP contribution in [0.3, 0.4) is 0 Å². The van der Waals surface area contributed by atoms with Crippen LogP contribution in [0.1, 0.15) is 19.8 Å². The van der Waals surface area contributed by atoms with E-state index in [9.17, 15) is 0 Å². The first-order valence-electron chi connectivity index (χ1n) is 7.06. The minimum absolute atomic E-state index is 0.184. The minimum atomic E-state index is 0.184. The summed E-state index contributed by atoms with van der Waals surface area (Å²) in [5.74, 6) is 0.719. The van der Waals surface area contributed by atoms with Crippen molar-refractivity contribution < 1.29 is 0 Å². The lowest BCUT2D eigenvalue weighted by molar-refractivity contribution is 0.564. The smallest absolute Gasteiger partial charge is 0.224 e. The number of hydrogen-bond donors (Lipinski definition) is 2. The molecule has 0 saturated heterocycles. The zero-order valence-corrected chi connectivity index (χ0v) is 12.9. The molecule has 0 aliphatic heterocycles. The Morgan fingerprint density at radius 1 is 1.23 bits per heavy atom. The van der Waals surface area contributed by atoms with E-state index in [2.05, 4.69) is 32.5 Å². The predicted octanol–water partition coefficient (Wildman–Crippen LogP) is 3.00. The number of halogens is 1. The molecule has 0 saturated carbocycles. The Hall–Kier alpha value is -2.41. The maximum atomic E-state index is 5.89. The molecule has 22 heavy (non-hydrogen) atoms.